The zero-order valence-corrected chi connectivity index (χ0v) is 31.6. The fourth-order valence-electron chi connectivity index (χ4n) is 9.41. The molecule has 57 heavy (non-hydrogen) atoms. The number of para-hydroxylation sites is 1. The van der Waals surface area contributed by atoms with Crippen molar-refractivity contribution >= 4 is 46.7 Å². The lowest BCUT2D eigenvalue weighted by atomic mass is 9.60. The van der Waals surface area contributed by atoms with E-state index < -0.39 is 23.8 Å². The summed E-state index contributed by atoms with van der Waals surface area (Å²) in [5, 5.41) is 14.9. The van der Waals surface area contributed by atoms with Crippen molar-refractivity contribution in [1.29, 1.82) is 5.41 Å². The molecule has 4 aromatic rings. The van der Waals surface area contributed by atoms with Crippen LogP contribution in [0.15, 0.2) is 79.1 Å². The number of aromatic nitrogens is 2. The molecule has 5 aliphatic rings. The number of ether oxygens (including phenoxy) is 1. The Balaban J connectivity index is 0.762. The van der Waals surface area contributed by atoms with E-state index in [1.165, 1.54) is 6.33 Å². The normalized spacial score (nSPS) is 21.3. The largest absolute Gasteiger partial charge is 0.457 e. The van der Waals surface area contributed by atoms with E-state index in [0.29, 0.717) is 45.3 Å². The summed E-state index contributed by atoms with van der Waals surface area (Å²) < 4.78 is 5.93. The molecule has 3 aromatic carbocycles. The number of carbonyl (C=O) groups is 4. The summed E-state index contributed by atoms with van der Waals surface area (Å²) in [6, 6.07) is 22.1. The maximum atomic E-state index is 13.4. The third kappa shape index (κ3) is 6.98. The highest BCUT2D eigenvalue weighted by molar-refractivity contribution is 6.23. The maximum absolute atomic E-state index is 13.4. The number of nitrogen functional groups attached to an aromatic ring is 1. The molecule has 4 amide bonds. The molecule has 5 N–H and O–H groups in total. The molecule has 0 radical (unpaired) electrons. The second-order valence-corrected chi connectivity index (χ2v) is 16.0. The fourth-order valence-corrected chi connectivity index (χ4v) is 9.41. The Bertz CT molecular complexity index is 2240. The first-order valence-electron chi connectivity index (χ1n) is 19.8. The monoisotopic (exact) mass is 767 g/mol. The minimum Gasteiger partial charge on any atom is -0.457 e. The minimum atomic E-state index is -0.970. The molecule has 5 heterocycles. The van der Waals surface area contributed by atoms with Crippen LogP contribution in [0.25, 0.3) is 0 Å². The number of rotatable bonds is 9. The van der Waals surface area contributed by atoms with E-state index in [1.807, 2.05) is 60.7 Å². The number of nitrogens with two attached hydrogens (primary N) is 1. The van der Waals surface area contributed by atoms with Gasteiger partial charge in [0.05, 0.1) is 22.4 Å². The highest BCUT2D eigenvalue weighted by Gasteiger charge is 2.48. The Morgan fingerprint density at radius 2 is 1.54 bits per heavy atom. The summed E-state index contributed by atoms with van der Waals surface area (Å²) in [5.41, 5.74) is 9.62. The average molecular weight is 768 g/mol. The number of imide groups is 2. The Morgan fingerprint density at radius 3 is 2.26 bits per heavy atom. The zero-order valence-electron chi connectivity index (χ0n) is 31.6. The van der Waals surface area contributed by atoms with Gasteiger partial charge in [-0.05, 0) is 118 Å². The van der Waals surface area contributed by atoms with Gasteiger partial charge >= 0.3 is 0 Å². The average Bonchev–Trinajstić information content (AvgIpc) is 3.46. The third-order valence-corrected chi connectivity index (χ3v) is 12.6. The summed E-state index contributed by atoms with van der Waals surface area (Å²) >= 11 is 0. The Labute approximate surface area is 330 Å². The molecule has 1 aromatic heterocycles. The van der Waals surface area contributed by atoms with E-state index in [0.717, 1.165) is 81.0 Å². The topological polar surface area (TPSA) is 187 Å². The van der Waals surface area contributed by atoms with E-state index in [4.69, 9.17) is 15.9 Å². The molecule has 4 fully saturated rings. The molecular weight excluding hydrogens is 723 g/mol. The number of hydrogen-bond donors (Lipinski definition) is 4. The molecule has 1 saturated carbocycles. The fraction of sp³-hybridized carbons (Fsp3) is 0.372. The summed E-state index contributed by atoms with van der Waals surface area (Å²) in [5.74, 6) is 0.335. The van der Waals surface area contributed by atoms with Gasteiger partial charge in [0, 0.05) is 42.8 Å². The highest BCUT2D eigenvalue weighted by atomic mass is 16.5. The van der Waals surface area contributed by atoms with Crippen molar-refractivity contribution in [2.24, 2.45) is 5.41 Å². The van der Waals surface area contributed by atoms with E-state index in [9.17, 15) is 19.2 Å². The summed E-state index contributed by atoms with van der Waals surface area (Å²) in [6.45, 7) is 3.81. The summed E-state index contributed by atoms with van der Waals surface area (Å²) in [4.78, 5) is 65.3. The Hall–Kier alpha value is -6.15. The molecule has 1 aliphatic carbocycles. The van der Waals surface area contributed by atoms with E-state index in [1.54, 1.807) is 12.1 Å². The van der Waals surface area contributed by atoms with Gasteiger partial charge in [0.2, 0.25) is 11.8 Å². The van der Waals surface area contributed by atoms with Crippen LogP contribution in [0.1, 0.15) is 83.2 Å². The van der Waals surface area contributed by atoms with Crippen LogP contribution in [-0.4, -0.2) is 93.4 Å². The van der Waals surface area contributed by atoms with Gasteiger partial charge in [-0.2, -0.15) is 0 Å². The molecule has 1 unspecified atom stereocenters. The molecule has 1 spiro atoms. The number of nitrogens with one attached hydrogen (secondary N) is 3. The number of benzene rings is 3. The molecule has 14 nitrogen and oxygen atoms in total. The van der Waals surface area contributed by atoms with Gasteiger partial charge in [-0.1, -0.05) is 18.2 Å². The van der Waals surface area contributed by atoms with Crippen LogP contribution in [0.5, 0.6) is 11.5 Å². The first kappa shape index (κ1) is 36.5. The van der Waals surface area contributed by atoms with E-state index in [-0.39, 0.29) is 36.3 Å². The van der Waals surface area contributed by atoms with Crippen LogP contribution in [-0.2, 0) is 9.59 Å². The summed E-state index contributed by atoms with van der Waals surface area (Å²) in [7, 11) is 0. The number of amides is 4. The molecule has 3 saturated heterocycles. The maximum Gasteiger partial charge on any atom is 0.262 e. The molecule has 9 rings (SSSR count). The Kier molecular flexibility index (Phi) is 9.43. The number of piperidine rings is 3. The smallest absolute Gasteiger partial charge is 0.262 e. The van der Waals surface area contributed by atoms with E-state index >= 15 is 0 Å². The quantitative estimate of drug-likeness (QED) is 0.133. The molecule has 1 atom stereocenters. The standard InChI is InChI=1S/C43H45N9O5/c44-37(26-6-9-31(10-7-26)57-30-4-2-1-3-5-30)36-38(45)46-25-47-39(36)48-27-23-43(24-27)16-20-51(21-17-43)28-14-18-50(19-15-28)29-8-11-32-33(22-29)42(56)52(41(32)55)34-12-13-35(53)49-40(34)54/h1-11,22,25,27-28,34,44H,12-21,23-24H2,(H,49,53,54)(H3,45,46,47,48). The highest BCUT2D eigenvalue weighted by Crippen LogP contribution is 2.50. The number of carbonyl (C=O) groups excluding carboxylic acids is 4. The zero-order chi connectivity index (χ0) is 39.3. The molecule has 14 heteroatoms. The Morgan fingerprint density at radius 1 is 0.842 bits per heavy atom. The van der Waals surface area contributed by atoms with Crippen LogP contribution in [0.4, 0.5) is 17.3 Å². The van der Waals surface area contributed by atoms with Crippen molar-refractivity contribution in [1.82, 2.24) is 25.1 Å². The van der Waals surface area contributed by atoms with Gasteiger partial charge < -0.3 is 25.6 Å². The molecule has 292 valence electrons. The first-order chi connectivity index (χ1) is 27.6. The van der Waals surface area contributed by atoms with Crippen molar-refractivity contribution in [2.45, 2.75) is 69.5 Å². The van der Waals surface area contributed by atoms with E-state index in [2.05, 4.69) is 30.4 Å². The number of hydrogen-bond acceptors (Lipinski definition) is 12. The van der Waals surface area contributed by atoms with Crippen LogP contribution >= 0.6 is 0 Å². The van der Waals surface area contributed by atoms with Crippen molar-refractivity contribution in [3.05, 3.63) is 101 Å². The first-order valence-corrected chi connectivity index (χ1v) is 19.8. The van der Waals surface area contributed by atoms with Gasteiger partial charge in [0.25, 0.3) is 11.8 Å². The number of nitrogens with zero attached hydrogens (tertiary/aromatic N) is 5. The molecule has 4 aliphatic heterocycles. The van der Waals surface area contributed by atoms with Crippen molar-refractivity contribution < 1.29 is 23.9 Å². The van der Waals surface area contributed by atoms with Gasteiger partial charge in [0.1, 0.15) is 35.5 Å². The van der Waals surface area contributed by atoms with Gasteiger partial charge in [-0.15, -0.1) is 0 Å². The van der Waals surface area contributed by atoms with Crippen LogP contribution < -0.4 is 26.0 Å². The lowest BCUT2D eigenvalue weighted by Gasteiger charge is -2.54. The predicted molar refractivity (Wildman–Crippen MR) is 214 cm³/mol. The lowest BCUT2D eigenvalue weighted by molar-refractivity contribution is -0.136. The SMILES string of the molecule is N=C(c1ccc(Oc2ccccc2)cc1)c1c(N)ncnc1NC1CC2(CCN(C3CCN(c4ccc5c(c4)C(=O)N(C4CCC(=O)NC4=O)C5=O)CC3)CC2)C1. The second kappa shape index (κ2) is 14.7. The van der Waals surface area contributed by atoms with Crippen molar-refractivity contribution in [3.8, 4) is 11.5 Å². The lowest BCUT2D eigenvalue weighted by Crippen LogP contribution is -2.54. The van der Waals surface area contributed by atoms with Crippen molar-refractivity contribution in [3.63, 3.8) is 0 Å². The third-order valence-electron chi connectivity index (χ3n) is 12.6. The van der Waals surface area contributed by atoms with Crippen LogP contribution in [0.2, 0.25) is 0 Å². The summed E-state index contributed by atoms with van der Waals surface area (Å²) in [6.07, 6.45) is 8.07. The number of anilines is 3. The van der Waals surface area contributed by atoms with Gasteiger partial charge in [0.15, 0.2) is 0 Å². The molecular formula is C43H45N9O5. The van der Waals surface area contributed by atoms with Crippen molar-refractivity contribution in [2.75, 3.05) is 42.1 Å². The minimum absolute atomic E-state index is 0.0950. The molecule has 0 bridgehead atoms. The van der Waals surface area contributed by atoms with Gasteiger partial charge in [-0.25, -0.2) is 9.97 Å². The number of fused-ring (bicyclic) bond motifs is 1. The predicted octanol–water partition coefficient (Wildman–Crippen LogP) is 4.99. The van der Waals surface area contributed by atoms with Gasteiger partial charge in [-0.3, -0.25) is 34.8 Å². The number of likely N-dealkylation sites (tertiary alicyclic amines) is 1. The van der Waals surface area contributed by atoms with Crippen LogP contribution in [0, 0.1) is 10.8 Å². The second-order valence-electron chi connectivity index (χ2n) is 16.0. The van der Waals surface area contributed by atoms with Crippen LogP contribution in [0.3, 0.4) is 0 Å².